The van der Waals surface area contributed by atoms with Gasteiger partial charge in [0.05, 0.1) is 12.5 Å². The predicted octanol–water partition coefficient (Wildman–Crippen LogP) is 1.51. The second kappa shape index (κ2) is 5.02. The van der Waals surface area contributed by atoms with Gasteiger partial charge in [0.15, 0.2) is 0 Å². The number of nitrogens with zero attached hydrogens (tertiary/aromatic N) is 1. The maximum atomic E-state index is 12.5. The van der Waals surface area contributed by atoms with Crippen molar-refractivity contribution in [2.24, 2.45) is 5.92 Å². The highest BCUT2D eigenvalue weighted by Gasteiger charge is 2.42. The van der Waals surface area contributed by atoms with Crippen LogP contribution < -0.4 is 10.1 Å². The smallest absolute Gasteiger partial charge is 0.227 e. The molecule has 0 bridgehead atoms. The molecule has 1 aromatic rings. The molecule has 3 atom stereocenters. The minimum Gasteiger partial charge on any atom is -0.488 e. The predicted molar refractivity (Wildman–Crippen MR) is 80.4 cm³/mol. The zero-order chi connectivity index (χ0) is 14.4. The fraction of sp³-hybridized carbons (Fsp3) is 0.588. The molecule has 4 nitrogen and oxygen atoms in total. The lowest BCUT2D eigenvalue weighted by molar-refractivity contribution is -0.132. The topological polar surface area (TPSA) is 41.6 Å². The van der Waals surface area contributed by atoms with Crippen LogP contribution in [-0.2, 0) is 11.2 Å². The summed E-state index contributed by atoms with van der Waals surface area (Å²) >= 11 is 0. The van der Waals surface area contributed by atoms with Gasteiger partial charge in [-0.15, -0.1) is 0 Å². The van der Waals surface area contributed by atoms with E-state index in [0.29, 0.717) is 11.9 Å². The van der Waals surface area contributed by atoms with E-state index >= 15 is 0 Å². The first-order valence-electron chi connectivity index (χ1n) is 7.99. The van der Waals surface area contributed by atoms with Crippen LogP contribution in [0.4, 0.5) is 0 Å². The van der Waals surface area contributed by atoms with Crippen molar-refractivity contribution in [3.8, 4) is 5.75 Å². The number of ether oxygens (including phenoxy) is 1. The van der Waals surface area contributed by atoms with Gasteiger partial charge < -0.3 is 15.0 Å². The Morgan fingerprint density at radius 3 is 3.19 bits per heavy atom. The number of rotatable bonds is 2. The molecule has 0 saturated carbocycles. The molecule has 3 aliphatic heterocycles. The maximum absolute atomic E-state index is 12.5. The Morgan fingerprint density at radius 1 is 1.43 bits per heavy atom. The van der Waals surface area contributed by atoms with Crippen LogP contribution in [0.15, 0.2) is 18.2 Å². The van der Waals surface area contributed by atoms with Crippen molar-refractivity contribution >= 4 is 5.91 Å². The van der Waals surface area contributed by atoms with Crippen molar-refractivity contribution < 1.29 is 9.53 Å². The Bertz CT molecular complexity index is 572. The molecule has 112 valence electrons. The van der Waals surface area contributed by atoms with E-state index in [9.17, 15) is 4.79 Å². The van der Waals surface area contributed by atoms with Gasteiger partial charge in [0.1, 0.15) is 11.9 Å². The Morgan fingerprint density at radius 2 is 2.33 bits per heavy atom. The molecule has 0 aromatic heterocycles. The summed E-state index contributed by atoms with van der Waals surface area (Å²) in [6.45, 7) is 4.72. The average Bonchev–Trinajstić information content (AvgIpc) is 3.01. The molecule has 2 fully saturated rings. The van der Waals surface area contributed by atoms with Gasteiger partial charge in [-0.3, -0.25) is 4.79 Å². The fourth-order valence-electron chi connectivity index (χ4n) is 3.96. The second-order valence-corrected chi connectivity index (χ2v) is 6.61. The van der Waals surface area contributed by atoms with E-state index in [0.717, 1.165) is 44.6 Å². The first-order valence-corrected chi connectivity index (χ1v) is 7.99. The van der Waals surface area contributed by atoms with Crippen LogP contribution in [0.3, 0.4) is 0 Å². The summed E-state index contributed by atoms with van der Waals surface area (Å²) in [5.41, 5.74) is 2.55. The third-order valence-electron chi connectivity index (χ3n) is 5.01. The number of piperidine rings is 1. The molecule has 1 N–H and O–H groups in total. The molecule has 0 spiro atoms. The van der Waals surface area contributed by atoms with Crippen molar-refractivity contribution in [1.29, 1.82) is 0 Å². The zero-order valence-electron chi connectivity index (χ0n) is 12.5. The van der Waals surface area contributed by atoms with Crippen molar-refractivity contribution in [3.05, 3.63) is 29.3 Å². The Kier molecular flexibility index (Phi) is 3.14. The number of amides is 1. The summed E-state index contributed by atoms with van der Waals surface area (Å²) in [7, 11) is 0. The maximum Gasteiger partial charge on any atom is 0.227 e. The van der Waals surface area contributed by atoms with Crippen LogP contribution in [0.5, 0.6) is 5.75 Å². The molecule has 4 rings (SSSR count). The lowest BCUT2D eigenvalue weighted by Gasteiger charge is -2.23. The molecule has 2 saturated heterocycles. The molecule has 4 heteroatoms. The molecule has 1 aromatic carbocycles. The van der Waals surface area contributed by atoms with E-state index in [-0.39, 0.29) is 12.0 Å². The highest BCUT2D eigenvalue weighted by molar-refractivity contribution is 5.82. The number of aryl methyl sites for hydroxylation is 1. The van der Waals surface area contributed by atoms with Crippen LogP contribution in [0.1, 0.15) is 24.0 Å². The minimum atomic E-state index is 0.117. The second-order valence-electron chi connectivity index (χ2n) is 6.61. The summed E-state index contributed by atoms with van der Waals surface area (Å²) in [4.78, 5) is 14.5. The number of hydrogen-bond acceptors (Lipinski definition) is 3. The molecular weight excluding hydrogens is 264 g/mol. The molecule has 1 amide bonds. The quantitative estimate of drug-likeness (QED) is 0.896. The fourth-order valence-corrected chi connectivity index (χ4v) is 3.96. The number of benzene rings is 1. The standard InChI is InChI=1S/C17H22N2O2/c1-11-4-5-16-12(7-11)8-13(21-16)9-19-10-15-14(17(19)20)3-2-6-18-15/h4-5,7,13-15,18H,2-3,6,8-10H2,1H3. The normalized spacial score (nSPS) is 31.0. The highest BCUT2D eigenvalue weighted by atomic mass is 16.5. The number of nitrogens with one attached hydrogen (secondary N) is 1. The molecule has 0 radical (unpaired) electrons. The third-order valence-corrected chi connectivity index (χ3v) is 5.01. The lowest BCUT2D eigenvalue weighted by atomic mass is 9.94. The van der Waals surface area contributed by atoms with E-state index in [1.807, 2.05) is 4.90 Å². The van der Waals surface area contributed by atoms with Crippen LogP contribution in [0.25, 0.3) is 0 Å². The highest BCUT2D eigenvalue weighted by Crippen LogP contribution is 2.32. The van der Waals surface area contributed by atoms with Crippen LogP contribution >= 0.6 is 0 Å². The lowest BCUT2D eigenvalue weighted by Crippen LogP contribution is -2.41. The van der Waals surface area contributed by atoms with Gasteiger partial charge in [0, 0.05) is 19.0 Å². The third kappa shape index (κ3) is 2.31. The number of carbonyl (C=O) groups is 1. The monoisotopic (exact) mass is 286 g/mol. The molecular formula is C17H22N2O2. The average molecular weight is 286 g/mol. The van der Waals surface area contributed by atoms with E-state index in [1.54, 1.807) is 0 Å². The number of hydrogen-bond donors (Lipinski definition) is 1. The van der Waals surface area contributed by atoms with Crippen molar-refractivity contribution in [2.75, 3.05) is 19.6 Å². The van der Waals surface area contributed by atoms with Crippen molar-refractivity contribution in [2.45, 2.75) is 38.3 Å². The van der Waals surface area contributed by atoms with Gasteiger partial charge in [-0.05, 0) is 37.9 Å². The summed E-state index contributed by atoms with van der Waals surface area (Å²) in [5, 5.41) is 3.49. The SMILES string of the molecule is Cc1ccc2c(c1)CC(CN1CC3NCCCC3C1=O)O2. The molecule has 3 heterocycles. The molecule has 3 aliphatic rings. The van der Waals surface area contributed by atoms with Gasteiger partial charge in [-0.2, -0.15) is 0 Å². The first kappa shape index (κ1) is 13.1. The van der Waals surface area contributed by atoms with Crippen molar-refractivity contribution in [3.63, 3.8) is 0 Å². The number of likely N-dealkylation sites (tertiary alicyclic amines) is 1. The van der Waals surface area contributed by atoms with E-state index in [2.05, 4.69) is 30.4 Å². The summed E-state index contributed by atoms with van der Waals surface area (Å²) < 4.78 is 6.01. The van der Waals surface area contributed by atoms with Gasteiger partial charge >= 0.3 is 0 Å². The summed E-state index contributed by atoms with van der Waals surface area (Å²) in [6, 6.07) is 6.69. The minimum absolute atomic E-state index is 0.117. The number of fused-ring (bicyclic) bond motifs is 2. The van der Waals surface area contributed by atoms with Crippen molar-refractivity contribution in [1.82, 2.24) is 10.2 Å². The Labute approximate surface area is 125 Å². The summed E-state index contributed by atoms with van der Waals surface area (Å²) in [6.07, 6.45) is 3.19. The van der Waals surface area contributed by atoms with E-state index in [4.69, 9.17) is 4.74 Å². The van der Waals surface area contributed by atoms with Gasteiger partial charge in [-0.25, -0.2) is 0 Å². The van der Waals surface area contributed by atoms with Gasteiger partial charge in [0.25, 0.3) is 0 Å². The molecule has 21 heavy (non-hydrogen) atoms. The van der Waals surface area contributed by atoms with Gasteiger partial charge in [0.2, 0.25) is 5.91 Å². The van der Waals surface area contributed by atoms with Crippen LogP contribution in [0.2, 0.25) is 0 Å². The largest absolute Gasteiger partial charge is 0.488 e. The van der Waals surface area contributed by atoms with Crippen LogP contribution in [-0.4, -0.2) is 42.6 Å². The Hall–Kier alpha value is -1.55. The van der Waals surface area contributed by atoms with Crippen LogP contribution in [0, 0.1) is 12.8 Å². The van der Waals surface area contributed by atoms with E-state index in [1.165, 1.54) is 11.1 Å². The zero-order valence-corrected chi connectivity index (χ0v) is 12.5. The summed E-state index contributed by atoms with van der Waals surface area (Å²) in [5.74, 6) is 1.51. The van der Waals surface area contributed by atoms with E-state index < -0.39 is 0 Å². The Balaban J connectivity index is 1.43. The molecule has 3 unspecified atom stereocenters. The molecule has 0 aliphatic carbocycles. The number of carbonyl (C=O) groups excluding carboxylic acids is 1. The first-order chi connectivity index (χ1) is 10.2. The van der Waals surface area contributed by atoms with Gasteiger partial charge in [-0.1, -0.05) is 17.7 Å².